The molecule has 9 N–H and O–H groups in total. The van der Waals surface area contributed by atoms with Crippen molar-refractivity contribution in [2.75, 3.05) is 12.3 Å². The molecule has 1 aliphatic heterocycles. The second-order valence-corrected chi connectivity index (χ2v) is 11.3. The van der Waals surface area contributed by atoms with E-state index in [9.17, 15) is 38.4 Å². The van der Waals surface area contributed by atoms with Crippen LogP contribution in [0.1, 0.15) is 13.2 Å². The molecule has 2 aromatic rings. The Morgan fingerprint density at radius 2 is 1.65 bits per heavy atom. The number of phosphoric acid groups is 3. The number of Topliss-reactive ketones (excluding diaryl/α,β-unsaturated/α-hetero) is 1. The number of aromatic nitrogens is 4. The molecule has 37 heavy (non-hydrogen) atoms. The summed E-state index contributed by atoms with van der Waals surface area (Å²) in [6, 6.07) is 0. The Kier molecular flexibility index (Phi) is 9.77. The number of aliphatic hydroxyl groups excluding tert-OH is 2. The number of hydrogen-bond acceptors (Lipinski definition) is 15. The summed E-state index contributed by atoms with van der Waals surface area (Å²) in [6.45, 7) is 0.0461. The highest BCUT2D eigenvalue weighted by Gasteiger charge is 2.47. The van der Waals surface area contributed by atoms with Crippen LogP contribution in [0.2, 0.25) is 0 Å². The van der Waals surface area contributed by atoms with Crippen molar-refractivity contribution in [3.05, 3.63) is 12.7 Å². The van der Waals surface area contributed by atoms with Gasteiger partial charge in [-0.05, 0) is 0 Å². The third-order valence-electron chi connectivity index (χ3n) is 4.12. The van der Waals surface area contributed by atoms with Crippen LogP contribution < -0.4 is 5.73 Å². The summed E-state index contributed by atoms with van der Waals surface area (Å²) in [5.41, 5.74) is 6.00. The second-order valence-electron chi connectivity index (χ2n) is 6.88. The molecular weight excluding hydrogens is 575 g/mol. The molecule has 6 atom stereocenters. The van der Waals surface area contributed by atoms with Crippen molar-refractivity contribution in [1.82, 2.24) is 19.5 Å². The van der Waals surface area contributed by atoms with E-state index in [1.165, 1.54) is 10.9 Å². The summed E-state index contributed by atoms with van der Waals surface area (Å²) in [6.07, 6.45) is -3.69. The van der Waals surface area contributed by atoms with Gasteiger partial charge in [0, 0.05) is 6.92 Å². The fourth-order valence-electron chi connectivity index (χ4n) is 2.62. The summed E-state index contributed by atoms with van der Waals surface area (Å²) in [5.74, 6) is -2.16. The molecule has 21 nitrogen and oxygen atoms in total. The van der Waals surface area contributed by atoms with Crippen molar-refractivity contribution >= 4 is 52.2 Å². The maximum Gasteiger partial charge on any atom is 0.490 e. The fourth-order valence-corrected chi connectivity index (χ4v) is 5.65. The first kappa shape index (κ1) is 31.0. The van der Waals surface area contributed by atoms with E-state index < -0.39 is 66.4 Å². The van der Waals surface area contributed by atoms with Crippen molar-refractivity contribution in [3.63, 3.8) is 0 Å². The van der Waals surface area contributed by atoms with E-state index in [1.807, 2.05) is 0 Å². The van der Waals surface area contributed by atoms with Crippen molar-refractivity contribution < 1.29 is 76.1 Å². The quantitative estimate of drug-likeness (QED) is 0.115. The Hall–Kier alpha value is -2.22. The minimum Gasteiger partial charge on any atom is -0.476 e. The number of imidazole rings is 1. The molecule has 1 saturated heterocycles. The lowest BCUT2D eigenvalue weighted by molar-refractivity contribution is -0.148. The van der Waals surface area contributed by atoms with Gasteiger partial charge < -0.3 is 45.4 Å². The monoisotopic (exact) mass is 595 g/mol. The number of carboxylic acids is 1. The average molecular weight is 595 g/mol. The normalized spacial score (nSPS) is 25.1. The zero-order valence-corrected chi connectivity index (χ0v) is 20.9. The first-order valence-corrected chi connectivity index (χ1v) is 13.8. The van der Waals surface area contributed by atoms with E-state index in [0.717, 1.165) is 13.3 Å². The number of fused-ring (bicyclic) bond motifs is 1. The molecule has 0 aliphatic carbocycles. The zero-order chi connectivity index (χ0) is 28.3. The van der Waals surface area contributed by atoms with E-state index in [2.05, 4.69) is 28.1 Å². The number of aliphatic carboxylic acids is 1. The van der Waals surface area contributed by atoms with Gasteiger partial charge in [0.1, 0.15) is 30.2 Å². The molecule has 208 valence electrons. The van der Waals surface area contributed by atoms with Crippen LogP contribution in [0.5, 0.6) is 0 Å². The molecule has 1 fully saturated rings. The first-order valence-electron chi connectivity index (χ1n) is 9.30. The van der Waals surface area contributed by atoms with Gasteiger partial charge in [-0.1, -0.05) is 0 Å². The number of ether oxygens (including phenoxy) is 1. The fraction of sp³-hybridized carbons (Fsp3) is 0.462. The van der Waals surface area contributed by atoms with Crippen LogP contribution >= 0.6 is 23.5 Å². The lowest BCUT2D eigenvalue weighted by atomic mass is 10.1. The summed E-state index contributed by atoms with van der Waals surface area (Å²) in [4.78, 5) is 66.1. The third-order valence-corrected chi connectivity index (χ3v) is 7.92. The summed E-state index contributed by atoms with van der Waals surface area (Å²) in [5, 5.41) is 28.1. The highest BCUT2D eigenvalue weighted by atomic mass is 31.3. The highest BCUT2D eigenvalue weighted by molar-refractivity contribution is 7.66. The number of carbonyl (C=O) groups is 2. The van der Waals surface area contributed by atoms with Crippen LogP contribution in [-0.2, 0) is 41.2 Å². The summed E-state index contributed by atoms with van der Waals surface area (Å²) >= 11 is 0. The maximum absolute atomic E-state index is 11.8. The van der Waals surface area contributed by atoms with Crippen molar-refractivity contribution in [3.8, 4) is 0 Å². The number of ketones is 1. The van der Waals surface area contributed by atoms with E-state index >= 15 is 0 Å². The molecule has 0 amide bonds. The van der Waals surface area contributed by atoms with Crippen LogP contribution in [0, 0.1) is 0 Å². The van der Waals surface area contributed by atoms with Gasteiger partial charge in [0.2, 0.25) is 5.78 Å². The number of nitrogen functional groups attached to an aromatic ring is 1. The van der Waals surface area contributed by atoms with Gasteiger partial charge in [-0.3, -0.25) is 13.9 Å². The SMILES string of the molecule is CC(=O)C(=O)O.Nc1ncnc2c1ncn2[C@@H]1O[C@H](COP(=O)(O)OP(=O)(O)OP(=O)(O)O)[C@@H](O)[C@H]1O. The minimum absolute atomic E-state index is 0.0426. The highest BCUT2D eigenvalue weighted by Crippen LogP contribution is 2.66. The van der Waals surface area contributed by atoms with Crippen LogP contribution in [0.15, 0.2) is 12.7 Å². The van der Waals surface area contributed by atoms with E-state index in [-0.39, 0.29) is 17.0 Å². The van der Waals surface area contributed by atoms with Gasteiger partial charge in [-0.15, -0.1) is 0 Å². The summed E-state index contributed by atoms with van der Waals surface area (Å²) in [7, 11) is -16.7. The number of carbonyl (C=O) groups excluding carboxylic acids is 1. The predicted octanol–water partition coefficient (Wildman–Crippen LogP) is -1.97. The molecule has 2 unspecified atom stereocenters. The Morgan fingerprint density at radius 3 is 2.19 bits per heavy atom. The number of rotatable bonds is 9. The van der Waals surface area contributed by atoms with Gasteiger partial charge >= 0.3 is 29.4 Å². The standard InChI is InChI=1S/C10H16N5O13P3.C3H4O3/c11-8-5-9(13-2-12-8)15(3-14-5)10-7(17)6(16)4(26-10)1-25-30(21,22)28-31(23,24)27-29(18,19)20;1-2(4)3(5)6/h2-4,6-7,10,16-17H,1H2,(H,21,22)(H,23,24)(H2,11,12,13)(H2,18,19,20);1H3,(H,5,6)/t4-,6-,7-,10-;/m1./s1. The van der Waals surface area contributed by atoms with Gasteiger partial charge in [0.15, 0.2) is 17.7 Å². The average Bonchev–Trinajstić information content (AvgIpc) is 3.27. The molecule has 1 aliphatic rings. The molecule has 0 radical (unpaired) electrons. The summed E-state index contributed by atoms with van der Waals surface area (Å²) < 4.78 is 51.9. The molecule has 24 heteroatoms. The topological polar surface area (TPSA) is 334 Å². The van der Waals surface area contributed by atoms with E-state index in [1.54, 1.807) is 0 Å². The lowest BCUT2D eigenvalue weighted by Crippen LogP contribution is -2.33. The second kappa shape index (κ2) is 11.7. The lowest BCUT2D eigenvalue weighted by Gasteiger charge is -2.19. The number of carboxylic acid groups (broad SMARTS) is 1. The molecular formula is C13H20N5O16P3. The van der Waals surface area contributed by atoms with Crippen molar-refractivity contribution in [2.45, 2.75) is 31.5 Å². The van der Waals surface area contributed by atoms with E-state index in [4.69, 9.17) is 30.3 Å². The van der Waals surface area contributed by atoms with E-state index in [0.29, 0.717) is 0 Å². The number of aliphatic hydroxyl groups is 2. The number of nitrogens with zero attached hydrogens (tertiary/aromatic N) is 4. The Morgan fingerprint density at radius 1 is 1.05 bits per heavy atom. The smallest absolute Gasteiger partial charge is 0.476 e. The minimum atomic E-state index is -5.70. The molecule has 0 saturated carbocycles. The first-order chi connectivity index (χ1) is 16.8. The molecule has 2 aromatic heterocycles. The largest absolute Gasteiger partial charge is 0.490 e. The van der Waals surface area contributed by atoms with Gasteiger partial charge in [0.25, 0.3) is 0 Å². The molecule has 0 bridgehead atoms. The maximum atomic E-state index is 11.8. The van der Waals surface area contributed by atoms with Gasteiger partial charge in [-0.2, -0.15) is 8.62 Å². The van der Waals surface area contributed by atoms with Crippen molar-refractivity contribution in [2.24, 2.45) is 0 Å². The predicted molar refractivity (Wildman–Crippen MR) is 114 cm³/mol. The van der Waals surface area contributed by atoms with Gasteiger partial charge in [-0.25, -0.2) is 33.4 Å². The van der Waals surface area contributed by atoms with Crippen LogP contribution in [0.4, 0.5) is 5.82 Å². The molecule has 3 heterocycles. The number of anilines is 1. The third kappa shape index (κ3) is 8.66. The molecule has 0 aromatic carbocycles. The van der Waals surface area contributed by atoms with Crippen LogP contribution in [0.25, 0.3) is 11.2 Å². The number of hydrogen-bond donors (Lipinski definition) is 8. The van der Waals surface area contributed by atoms with Crippen LogP contribution in [0.3, 0.4) is 0 Å². The van der Waals surface area contributed by atoms with Gasteiger partial charge in [0.05, 0.1) is 12.9 Å². The Bertz CT molecular complexity index is 1280. The number of nitrogens with two attached hydrogens (primary N) is 1. The number of phosphoric ester groups is 1. The zero-order valence-electron chi connectivity index (χ0n) is 18.2. The Labute approximate surface area is 204 Å². The van der Waals surface area contributed by atoms with Crippen molar-refractivity contribution in [1.29, 1.82) is 0 Å². The van der Waals surface area contributed by atoms with Crippen LogP contribution in [-0.4, -0.2) is 91.1 Å². The Balaban J connectivity index is 0.000000717. The molecule has 3 rings (SSSR count). The molecule has 0 spiro atoms.